The van der Waals surface area contributed by atoms with Gasteiger partial charge in [-0.3, -0.25) is 0 Å². The van der Waals surface area contributed by atoms with Gasteiger partial charge in [0.25, 0.3) is 0 Å². The maximum atomic E-state index is 9.22. The van der Waals surface area contributed by atoms with E-state index in [-0.39, 0.29) is 12.5 Å². The molecule has 1 N–H and O–H groups in total. The second-order valence-electron chi connectivity index (χ2n) is 3.63. The second-order valence-corrected chi connectivity index (χ2v) is 4.01. The zero-order valence-corrected chi connectivity index (χ0v) is 11.2. The molecule has 5 heteroatoms. The zero-order valence-electron chi connectivity index (χ0n) is 10.4. The molecule has 1 unspecified atom stereocenters. The highest BCUT2D eigenvalue weighted by Crippen LogP contribution is 2.45. The molecule has 1 rings (SSSR count). The van der Waals surface area contributed by atoms with Crippen molar-refractivity contribution in [3.05, 3.63) is 16.7 Å². The molecule has 0 aromatic heterocycles. The fraction of sp³-hybridized carbons (Fsp3) is 0.500. The molecular formula is C12H17ClO4. The zero-order chi connectivity index (χ0) is 13.0. The third-order valence-corrected chi connectivity index (χ3v) is 2.95. The smallest absolute Gasteiger partial charge is 0.183 e. The van der Waals surface area contributed by atoms with Crippen molar-refractivity contribution < 1.29 is 19.3 Å². The molecule has 0 saturated heterocycles. The van der Waals surface area contributed by atoms with Gasteiger partial charge in [0.1, 0.15) is 10.8 Å². The van der Waals surface area contributed by atoms with Crippen molar-refractivity contribution >= 4 is 11.6 Å². The standard InChI is InChI=1S/C12H17ClO4/c1-7(6-14)8-5-9(15-2)12(17-4)10(13)11(8)16-3/h5,7,14H,6H2,1-4H3. The third kappa shape index (κ3) is 2.58. The Morgan fingerprint density at radius 3 is 2.18 bits per heavy atom. The van der Waals surface area contributed by atoms with Crippen molar-refractivity contribution in [1.82, 2.24) is 0 Å². The molecule has 0 aliphatic rings. The minimum absolute atomic E-state index is 0.00215. The summed E-state index contributed by atoms with van der Waals surface area (Å²) in [7, 11) is 4.58. The van der Waals surface area contributed by atoms with Crippen molar-refractivity contribution in [1.29, 1.82) is 0 Å². The van der Waals surface area contributed by atoms with Crippen LogP contribution in [0.5, 0.6) is 17.2 Å². The molecule has 4 nitrogen and oxygen atoms in total. The summed E-state index contributed by atoms with van der Waals surface area (Å²) in [4.78, 5) is 0. The molecule has 0 saturated carbocycles. The van der Waals surface area contributed by atoms with Gasteiger partial charge in [-0.25, -0.2) is 0 Å². The average molecular weight is 261 g/mol. The van der Waals surface area contributed by atoms with Crippen LogP contribution in [0.15, 0.2) is 6.07 Å². The summed E-state index contributed by atoms with van der Waals surface area (Å²) < 4.78 is 15.6. The van der Waals surface area contributed by atoms with Crippen LogP contribution in [-0.4, -0.2) is 33.0 Å². The molecule has 0 fully saturated rings. The van der Waals surface area contributed by atoms with Crippen LogP contribution < -0.4 is 14.2 Å². The molecule has 17 heavy (non-hydrogen) atoms. The molecule has 0 aliphatic heterocycles. The van der Waals surface area contributed by atoms with Gasteiger partial charge in [-0.15, -0.1) is 0 Å². The summed E-state index contributed by atoms with van der Waals surface area (Å²) in [6.07, 6.45) is 0. The fourth-order valence-corrected chi connectivity index (χ4v) is 1.98. The first-order chi connectivity index (χ1) is 8.10. The van der Waals surface area contributed by atoms with Gasteiger partial charge in [-0.1, -0.05) is 18.5 Å². The first-order valence-electron chi connectivity index (χ1n) is 5.19. The van der Waals surface area contributed by atoms with E-state index in [0.717, 1.165) is 5.56 Å². The molecule has 0 spiro atoms. The molecule has 0 amide bonds. The van der Waals surface area contributed by atoms with Gasteiger partial charge in [-0.05, 0) is 6.07 Å². The molecule has 0 bridgehead atoms. The molecule has 0 radical (unpaired) electrons. The van der Waals surface area contributed by atoms with Crippen molar-refractivity contribution in [3.63, 3.8) is 0 Å². The first kappa shape index (κ1) is 13.9. The molecule has 1 aromatic rings. The van der Waals surface area contributed by atoms with Crippen LogP contribution in [0.3, 0.4) is 0 Å². The van der Waals surface area contributed by atoms with Crippen LogP contribution in [0.1, 0.15) is 18.4 Å². The number of aliphatic hydroxyl groups is 1. The second kappa shape index (κ2) is 5.98. The third-order valence-electron chi connectivity index (χ3n) is 2.60. The van der Waals surface area contributed by atoms with Gasteiger partial charge in [0.05, 0.1) is 21.3 Å². The lowest BCUT2D eigenvalue weighted by Gasteiger charge is -2.19. The maximum Gasteiger partial charge on any atom is 0.183 e. The van der Waals surface area contributed by atoms with E-state index < -0.39 is 0 Å². The summed E-state index contributed by atoms with van der Waals surface area (Å²) in [5.74, 6) is 1.36. The number of hydrogen-bond acceptors (Lipinski definition) is 4. The van der Waals surface area contributed by atoms with E-state index in [2.05, 4.69) is 0 Å². The number of halogens is 1. The molecule has 96 valence electrons. The highest BCUT2D eigenvalue weighted by molar-refractivity contribution is 6.34. The minimum atomic E-state index is -0.0951. The van der Waals surface area contributed by atoms with Crippen LogP contribution in [-0.2, 0) is 0 Å². The number of benzene rings is 1. The maximum absolute atomic E-state index is 9.22. The van der Waals surface area contributed by atoms with Crippen molar-refractivity contribution in [2.75, 3.05) is 27.9 Å². The number of methoxy groups -OCH3 is 3. The van der Waals surface area contributed by atoms with Crippen molar-refractivity contribution in [2.24, 2.45) is 0 Å². The van der Waals surface area contributed by atoms with E-state index in [4.69, 9.17) is 25.8 Å². The summed E-state index contributed by atoms with van der Waals surface area (Å²) in [6, 6.07) is 1.77. The van der Waals surface area contributed by atoms with Gasteiger partial charge in [0.15, 0.2) is 11.5 Å². The summed E-state index contributed by atoms with van der Waals surface area (Å²) in [6.45, 7) is 1.88. The largest absolute Gasteiger partial charge is 0.495 e. The van der Waals surface area contributed by atoms with Gasteiger partial charge >= 0.3 is 0 Å². The quantitative estimate of drug-likeness (QED) is 0.884. The van der Waals surface area contributed by atoms with Crippen LogP contribution in [0.2, 0.25) is 5.02 Å². The van der Waals surface area contributed by atoms with Crippen molar-refractivity contribution in [3.8, 4) is 17.2 Å². The average Bonchev–Trinajstić information content (AvgIpc) is 2.36. The predicted molar refractivity (Wildman–Crippen MR) is 66.6 cm³/mol. The van der Waals surface area contributed by atoms with Gasteiger partial charge < -0.3 is 19.3 Å². The Morgan fingerprint density at radius 1 is 1.18 bits per heavy atom. The summed E-state index contributed by atoms with van der Waals surface area (Å²) >= 11 is 6.19. The molecule has 0 heterocycles. The van der Waals surface area contributed by atoms with Crippen molar-refractivity contribution in [2.45, 2.75) is 12.8 Å². The van der Waals surface area contributed by atoms with Crippen LogP contribution in [0, 0.1) is 0 Å². The number of rotatable bonds is 5. The van der Waals surface area contributed by atoms with E-state index in [1.165, 1.54) is 21.3 Å². The Morgan fingerprint density at radius 2 is 1.76 bits per heavy atom. The molecular weight excluding hydrogens is 244 g/mol. The normalized spacial score (nSPS) is 12.1. The fourth-order valence-electron chi connectivity index (χ4n) is 1.62. The Balaban J connectivity index is 3.45. The van der Waals surface area contributed by atoms with E-state index in [0.29, 0.717) is 22.3 Å². The first-order valence-corrected chi connectivity index (χ1v) is 5.57. The lowest BCUT2D eigenvalue weighted by molar-refractivity contribution is 0.268. The van der Waals surface area contributed by atoms with E-state index in [1.54, 1.807) is 6.07 Å². The minimum Gasteiger partial charge on any atom is -0.495 e. The SMILES string of the molecule is COc1cc(C(C)CO)c(OC)c(Cl)c1OC. The number of aliphatic hydroxyl groups excluding tert-OH is 1. The van der Waals surface area contributed by atoms with Gasteiger partial charge in [0.2, 0.25) is 0 Å². The molecule has 1 aromatic carbocycles. The van der Waals surface area contributed by atoms with Gasteiger partial charge in [-0.2, -0.15) is 0 Å². The van der Waals surface area contributed by atoms with Gasteiger partial charge in [0, 0.05) is 18.1 Å². The number of hydrogen-bond donors (Lipinski definition) is 1. The Hall–Kier alpha value is -1.13. The topological polar surface area (TPSA) is 47.9 Å². The van der Waals surface area contributed by atoms with E-state index >= 15 is 0 Å². The molecule has 0 aliphatic carbocycles. The summed E-state index contributed by atoms with van der Waals surface area (Å²) in [5.41, 5.74) is 0.789. The lowest BCUT2D eigenvalue weighted by Crippen LogP contribution is -2.04. The van der Waals surface area contributed by atoms with E-state index in [9.17, 15) is 5.11 Å². The number of ether oxygens (including phenoxy) is 3. The molecule has 1 atom stereocenters. The van der Waals surface area contributed by atoms with Crippen LogP contribution >= 0.6 is 11.6 Å². The predicted octanol–water partition coefficient (Wildman–Crippen LogP) is 2.46. The lowest BCUT2D eigenvalue weighted by atomic mass is 10.00. The monoisotopic (exact) mass is 260 g/mol. The highest BCUT2D eigenvalue weighted by atomic mass is 35.5. The summed E-state index contributed by atoms with van der Waals surface area (Å²) in [5, 5.41) is 9.57. The Kier molecular flexibility index (Phi) is 4.90. The Labute approximate surface area is 106 Å². The Bertz CT molecular complexity index is 393. The van der Waals surface area contributed by atoms with Crippen LogP contribution in [0.25, 0.3) is 0 Å². The van der Waals surface area contributed by atoms with Crippen LogP contribution in [0.4, 0.5) is 0 Å². The van der Waals surface area contributed by atoms with E-state index in [1.807, 2.05) is 6.92 Å². The highest BCUT2D eigenvalue weighted by Gasteiger charge is 2.21.